The fourth-order valence-corrected chi connectivity index (χ4v) is 6.24. The molecular formula is C23H27N9O. The number of rotatable bonds is 5. The van der Waals surface area contributed by atoms with Gasteiger partial charge in [0.25, 0.3) is 5.91 Å². The molecule has 2 aromatic rings. The van der Waals surface area contributed by atoms with Crippen molar-refractivity contribution < 1.29 is 4.79 Å². The van der Waals surface area contributed by atoms with Crippen molar-refractivity contribution >= 4 is 17.7 Å². The van der Waals surface area contributed by atoms with E-state index in [0.717, 1.165) is 66.3 Å². The van der Waals surface area contributed by atoms with E-state index in [1.54, 1.807) is 10.9 Å². The lowest BCUT2D eigenvalue weighted by Crippen LogP contribution is -2.36. The second-order valence-electron chi connectivity index (χ2n) is 10.2. The standard InChI is InChI=1S/C23H27N9O/c1-10-5-14-13(21(24)26-10)3-4-16(14)28-22(33)17-9-31(30-29-17)7-12-6-25-23(27-11(12)2)32-8-15-18-19(15)20(18)32/h6,9-10,15-16,18-20H,3-5,7-8H2,1-2H3,(H2,24,26)(H,28,33)/t10?,15?,16-,18?,19?,20?/m1/s1. The number of amidine groups is 1. The van der Waals surface area contributed by atoms with Crippen molar-refractivity contribution in [3.8, 4) is 0 Å². The molecule has 3 unspecified atom stereocenters. The molecule has 6 aliphatic rings. The number of fused-ring (bicyclic) bond motifs is 1. The first-order valence-electron chi connectivity index (χ1n) is 11.8. The highest BCUT2D eigenvalue weighted by atomic mass is 16.2. The highest BCUT2D eigenvalue weighted by molar-refractivity contribution is 6.00. The summed E-state index contributed by atoms with van der Waals surface area (Å²) in [5.41, 5.74) is 10.6. The van der Waals surface area contributed by atoms with Crippen LogP contribution >= 0.6 is 0 Å². The number of nitrogens with one attached hydrogen (secondary N) is 1. The SMILES string of the molecule is Cc1nc(N2CC3C4C3C42)ncc1Cn1cc(C(=O)N[C@@H]2CCC3=C2CC(C)N=C3N)nn1. The van der Waals surface area contributed by atoms with E-state index in [0.29, 0.717) is 24.1 Å². The van der Waals surface area contributed by atoms with Crippen LogP contribution in [0, 0.1) is 24.7 Å². The summed E-state index contributed by atoms with van der Waals surface area (Å²) in [6, 6.07) is 0.830. The number of carbonyl (C=O) groups is 1. The molecule has 3 aliphatic heterocycles. The maximum Gasteiger partial charge on any atom is 0.273 e. The van der Waals surface area contributed by atoms with Crippen LogP contribution in [0.5, 0.6) is 0 Å². The first-order chi connectivity index (χ1) is 16.0. The number of nitrogens with two attached hydrogens (primary N) is 1. The largest absolute Gasteiger partial charge is 0.384 e. The Bertz CT molecular complexity index is 1230. The monoisotopic (exact) mass is 445 g/mol. The zero-order valence-corrected chi connectivity index (χ0v) is 18.8. The quantitative estimate of drug-likeness (QED) is 0.698. The molecular weight excluding hydrogens is 418 g/mol. The summed E-state index contributed by atoms with van der Waals surface area (Å²) in [6.07, 6.45) is 6.10. The van der Waals surface area contributed by atoms with E-state index in [1.165, 1.54) is 5.57 Å². The van der Waals surface area contributed by atoms with Crippen LogP contribution in [0.2, 0.25) is 0 Å². The van der Waals surface area contributed by atoms with E-state index in [9.17, 15) is 4.79 Å². The predicted octanol–water partition coefficient (Wildman–Crippen LogP) is 0.827. The summed E-state index contributed by atoms with van der Waals surface area (Å²) in [5, 5.41) is 11.4. The van der Waals surface area contributed by atoms with E-state index in [2.05, 4.69) is 30.5 Å². The average molecular weight is 446 g/mol. The van der Waals surface area contributed by atoms with E-state index >= 15 is 0 Å². The topological polar surface area (TPSA) is 127 Å². The number of hydrogen-bond acceptors (Lipinski definition) is 8. The second-order valence-corrected chi connectivity index (χ2v) is 10.2. The molecule has 3 N–H and O–H groups in total. The molecule has 5 heterocycles. The number of aliphatic imine (C=N–C) groups is 1. The van der Waals surface area contributed by atoms with Crippen molar-refractivity contribution in [3.05, 3.63) is 40.5 Å². The molecule has 1 amide bonds. The first-order valence-corrected chi connectivity index (χ1v) is 11.8. The number of nitrogens with zero attached hydrogens (tertiary/aromatic N) is 7. The summed E-state index contributed by atoms with van der Waals surface area (Å²) in [7, 11) is 0. The third-order valence-electron chi connectivity index (χ3n) is 8.12. The number of carbonyl (C=O) groups excluding carboxylic acids is 1. The maximum absolute atomic E-state index is 12.9. The Balaban J connectivity index is 1.02. The Kier molecular flexibility index (Phi) is 3.85. The average Bonchev–Trinajstić information content (AvgIpc) is 3.31. The van der Waals surface area contributed by atoms with Gasteiger partial charge in [-0.1, -0.05) is 5.21 Å². The van der Waals surface area contributed by atoms with Gasteiger partial charge in [-0.3, -0.25) is 9.79 Å². The maximum atomic E-state index is 12.9. The molecule has 0 radical (unpaired) electrons. The van der Waals surface area contributed by atoms with Crippen molar-refractivity contribution in [1.29, 1.82) is 0 Å². The van der Waals surface area contributed by atoms with Gasteiger partial charge in [0.2, 0.25) is 5.95 Å². The van der Waals surface area contributed by atoms with Gasteiger partial charge >= 0.3 is 0 Å². The highest BCUT2D eigenvalue weighted by Crippen LogP contribution is 2.75. The van der Waals surface area contributed by atoms with Crippen LogP contribution in [-0.2, 0) is 6.54 Å². The summed E-state index contributed by atoms with van der Waals surface area (Å²) in [4.78, 5) is 29.1. The van der Waals surface area contributed by atoms with Crippen LogP contribution in [-0.4, -0.2) is 61.4 Å². The smallest absolute Gasteiger partial charge is 0.273 e. The lowest BCUT2D eigenvalue weighted by Gasteiger charge is -2.22. The Morgan fingerprint density at radius 1 is 1.33 bits per heavy atom. The lowest BCUT2D eigenvalue weighted by molar-refractivity contribution is 0.0936. The zero-order valence-electron chi connectivity index (χ0n) is 18.8. The molecule has 2 saturated carbocycles. The number of aromatic nitrogens is 5. The number of hydrogen-bond donors (Lipinski definition) is 2. The van der Waals surface area contributed by atoms with Crippen LogP contribution in [0.4, 0.5) is 5.95 Å². The van der Waals surface area contributed by atoms with Crippen LogP contribution in [0.25, 0.3) is 0 Å². The normalized spacial score (nSPS) is 33.0. The van der Waals surface area contributed by atoms with Gasteiger partial charge in [-0.05, 0) is 62.0 Å². The molecule has 33 heavy (non-hydrogen) atoms. The summed E-state index contributed by atoms with van der Waals surface area (Å²) in [6.45, 7) is 5.64. The van der Waals surface area contributed by atoms with Crippen LogP contribution < -0.4 is 16.0 Å². The Morgan fingerprint density at radius 2 is 2.18 bits per heavy atom. The minimum Gasteiger partial charge on any atom is -0.384 e. The van der Waals surface area contributed by atoms with Crippen molar-refractivity contribution in [2.24, 2.45) is 28.5 Å². The molecule has 0 spiro atoms. The van der Waals surface area contributed by atoms with Crippen LogP contribution in [0.1, 0.15) is 47.9 Å². The van der Waals surface area contributed by atoms with Gasteiger partial charge in [-0.15, -0.1) is 5.10 Å². The second kappa shape index (κ2) is 6.61. The van der Waals surface area contributed by atoms with Gasteiger partial charge in [0.05, 0.1) is 24.8 Å². The van der Waals surface area contributed by atoms with E-state index in [-0.39, 0.29) is 18.0 Å². The molecule has 2 saturated heterocycles. The summed E-state index contributed by atoms with van der Waals surface area (Å²) < 4.78 is 1.67. The fourth-order valence-electron chi connectivity index (χ4n) is 6.24. The first kappa shape index (κ1) is 19.2. The van der Waals surface area contributed by atoms with Gasteiger partial charge in [0, 0.05) is 30.0 Å². The summed E-state index contributed by atoms with van der Waals surface area (Å²) in [5.74, 6) is 4.00. The molecule has 10 nitrogen and oxygen atoms in total. The van der Waals surface area contributed by atoms with Gasteiger partial charge in [0.15, 0.2) is 5.69 Å². The molecule has 4 atom stereocenters. The molecule has 10 heteroatoms. The fraction of sp³-hybridized carbons (Fsp3) is 0.565. The van der Waals surface area contributed by atoms with Gasteiger partial charge < -0.3 is 16.0 Å². The predicted molar refractivity (Wildman–Crippen MR) is 121 cm³/mol. The number of anilines is 1. The molecule has 2 bridgehead atoms. The van der Waals surface area contributed by atoms with Gasteiger partial charge in [-0.2, -0.15) is 0 Å². The Morgan fingerprint density at radius 3 is 2.94 bits per heavy atom. The third-order valence-corrected chi connectivity index (χ3v) is 8.12. The third kappa shape index (κ3) is 2.92. The van der Waals surface area contributed by atoms with Crippen LogP contribution in [0.15, 0.2) is 28.5 Å². The zero-order chi connectivity index (χ0) is 22.4. The van der Waals surface area contributed by atoms with Crippen LogP contribution in [0.3, 0.4) is 0 Å². The highest BCUT2D eigenvalue weighted by Gasteiger charge is 2.81. The van der Waals surface area contributed by atoms with Crippen molar-refractivity contribution in [2.45, 2.75) is 57.8 Å². The number of piperidine rings is 1. The number of dihydropyridines is 1. The lowest BCUT2D eigenvalue weighted by atomic mass is 9.97. The van der Waals surface area contributed by atoms with Crippen molar-refractivity contribution in [1.82, 2.24) is 30.3 Å². The molecule has 4 fully saturated rings. The van der Waals surface area contributed by atoms with E-state index in [1.807, 2.05) is 20.0 Å². The van der Waals surface area contributed by atoms with Gasteiger partial charge in [0.1, 0.15) is 5.84 Å². The van der Waals surface area contributed by atoms with Crippen molar-refractivity contribution in [2.75, 3.05) is 11.4 Å². The minimum atomic E-state index is -0.215. The minimum absolute atomic E-state index is 0.0178. The summed E-state index contributed by atoms with van der Waals surface area (Å²) >= 11 is 0. The Hall–Kier alpha value is -3.30. The van der Waals surface area contributed by atoms with E-state index < -0.39 is 0 Å². The molecule has 8 rings (SSSR count). The number of aryl methyl sites for hydroxylation is 1. The van der Waals surface area contributed by atoms with Crippen molar-refractivity contribution in [3.63, 3.8) is 0 Å². The Labute approximate surface area is 191 Å². The molecule has 0 aromatic carbocycles. The molecule has 170 valence electrons. The van der Waals surface area contributed by atoms with E-state index in [4.69, 9.17) is 10.7 Å². The number of amides is 1. The molecule has 2 aromatic heterocycles. The van der Waals surface area contributed by atoms with Gasteiger partial charge in [-0.25, -0.2) is 14.6 Å². The molecule has 3 aliphatic carbocycles.